The third-order valence-electron chi connectivity index (χ3n) is 5.06. The Hall–Kier alpha value is -1.14. The second kappa shape index (κ2) is 6.40. The SMILES string of the molecule is CN1CCN2C(C1)CN(C(=O)c1ccc(Cl)cc1)CC2(C)CO. The molecule has 6 heteroatoms. The maximum atomic E-state index is 12.8. The minimum atomic E-state index is -0.383. The van der Waals surface area contributed by atoms with Gasteiger partial charge in [0.2, 0.25) is 0 Å². The molecular weight excluding hydrogens is 314 g/mol. The second-order valence-electron chi connectivity index (χ2n) is 6.96. The van der Waals surface area contributed by atoms with Gasteiger partial charge in [-0.1, -0.05) is 11.6 Å². The molecule has 2 saturated heterocycles. The lowest BCUT2D eigenvalue weighted by Gasteiger charge is -2.55. The van der Waals surface area contributed by atoms with Crippen LogP contribution in [0.1, 0.15) is 17.3 Å². The zero-order valence-corrected chi connectivity index (χ0v) is 14.5. The Balaban J connectivity index is 1.83. The molecule has 2 heterocycles. The minimum Gasteiger partial charge on any atom is -0.394 e. The van der Waals surface area contributed by atoms with Crippen LogP contribution in [0.4, 0.5) is 0 Å². The van der Waals surface area contributed by atoms with Gasteiger partial charge >= 0.3 is 0 Å². The maximum Gasteiger partial charge on any atom is 0.253 e. The summed E-state index contributed by atoms with van der Waals surface area (Å²) in [6, 6.07) is 7.27. The lowest BCUT2D eigenvalue weighted by atomic mass is 9.91. The summed E-state index contributed by atoms with van der Waals surface area (Å²) >= 11 is 5.91. The number of amides is 1. The number of likely N-dealkylation sites (N-methyl/N-ethyl adjacent to an activating group) is 1. The number of benzene rings is 1. The van der Waals surface area contributed by atoms with E-state index >= 15 is 0 Å². The highest BCUT2D eigenvalue weighted by atomic mass is 35.5. The number of piperazine rings is 2. The van der Waals surface area contributed by atoms with E-state index in [4.69, 9.17) is 11.6 Å². The van der Waals surface area contributed by atoms with Crippen molar-refractivity contribution in [1.82, 2.24) is 14.7 Å². The van der Waals surface area contributed by atoms with Gasteiger partial charge in [-0.25, -0.2) is 0 Å². The molecule has 1 N–H and O–H groups in total. The summed E-state index contributed by atoms with van der Waals surface area (Å²) in [7, 11) is 2.10. The van der Waals surface area contributed by atoms with Crippen LogP contribution >= 0.6 is 11.6 Å². The number of carbonyl (C=O) groups is 1. The predicted molar refractivity (Wildman–Crippen MR) is 90.8 cm³/mol. The number of aliphatic hydroxyl groups is 1. The molecule has 0 aliphatic carbocycles. The van der Waals surface area contributed by atoms with Crippen molar-refractivity contribution < 1.29 is 9.90 Å². The molecule has 0 aromatic heterocycles. The molecule has 0 saturated carbocycles. The van der Waals surface area contributed by atoms with Crippen molar-refractivity contribution in [1.29, 1.82) is 0 Å². The lowest BCUT2D eigenvalue weighted by molar-refractivity contribution is -0.0798. The van der Waals surface area contributed by atoms with E-state index in [-0.39, 0.29) is 24.1 Å². The first kappa shape index (κ1) is 16.7. The van der Waals surface area contributed by atoms with Crippen LogP contribution < -0.4 is 0 Å². The summed E-state index contributed by atoms with van der Waals surface area (Å²) in [4.78, 5) is 19.4. The molecule has 2 unspecified atom stereocenters. The standard InChI is InChI=1S/C17H24ClN3O2/c1-17(12-22)11-20(10-15-9-19(2)7-8-21(15)17)16(23)13-3-5-14(18)6-4-13/h3-6,15,22H,7-12H2,1-2H3. The molecule has 0 radical (unpaired) electrons. The lowest BCUT2D eigenvalue weighted by Crippen LogP contribution is -2.72. The average molecular weight is 338 g/mol. The molecule has 1 aromatic rings. The number of halogens is 1. The summed E-state index contributed by atoms with van der Waals surface area (Å²) < 4.78 is 0. The smallest absolute Gasteiger partial charge is 0.253 e. The van der Waals surface area contributed by atoms with Crippen LogP contribution in [0.5, 0.6) is 0 Å². The van der Waals surface area contributed by atoms with Crippen LogP contribution in [0.3, 0.4) is 0 Å². The van der Waals surface area contributed by atoms with Crippen molar-refractivity contribution in [3.63, 3.8) is 0 Å². The van der Waals surface area contributed by atoms with Gasteiger partial charge in [-0.15, -0.1) is 0 Å². The van der Waals surface area contributed by atoms with Gasteiger partial charge in [0.05, 0.1) is 12.1 Å². The topological polar surface area (TPSA) is 47.0 Å². The maximum absolute atomic E-state index is 12.8. The van der Waals surface area contributed by atoms with Gasteiger partial charge in [-0.05, 0) is 38.2 Å². The molecule has 2 fully saturated rings. The number of fused-ring (bicyclic) bond motifs is 1. The Morgan fingerprint density at radius 2 is 2.00 bits per heavy atom. The third-order valence-corrected chi connectivity index (χ3v) is 5.31. The Kier molecular flexibility index (Phi) is 4.65. The highest BCUT2D eigenvalue weighted by Gasteiger charge is 2.45. The van der Waals surface area contributed by atoms with Crippen LogP contribution in [0.2, 0.25) is 5.02 Å². The first-order valence-electron chi connectivity index (χ1n) is 8.04. The van der Waals surface area contributed by atoms with Crippen LogP contribution in [0, 0.1) is 0 Å². The summed E-state index contributed by atoms with van der Waals surface area (Å²) in [5.74, 6) is 0.00854. The fraction of sp³-hybridized carbons (Fsp3) is 0.588. The van der Waals surface area contributed by atoms with E-state index in [1.54, 1.807) is 24.3 Å². The van der Waals surface area contributed by atoms with E-state index < -0.39 is 0 Å². The van der Waals surface area contributed by atoms with Gasteiger partial charge in [0.15, 0.2) is 0 Å². The Labute approximate surface area is 142 Å². The normalized spacial score (nSPS) is 29.4. The van der Waals surface area contributed by atoms with Crippen molar-refractivity contribution in [2.75, 3.05) is 46.4 Å². The van der Waals surface area contributed by atoms with Gasteiger partial charge in [0.25, 0.3) is 5.91 Å². The zero-order valence-electron chi connectivity index (χ0n) is 13.7. The van der Waals surface area contributed by atoms with E-state index in [2.05, 4.69) is 16.8 Å². The Bertz CT molecular complexity index is 580. The highest BCUT2D eigenvalue weighted by Crippen LogP contribution is 2.29. The number of carbonyl (C=O) groups excluding carboxylic acids is 1. The summed E-state index contributed by atoms with van der Waals surface area (Å²) in [6.45, 7) is 6.19. The van der Waals surface area contributed by atoms with Gasteiger partial charge in [0.1, 0.15) is 0 Å². The molecule has 1 amide bonds. The monoisotopic (exact) mass is 337 g/mol. The molecular formula is C17H24ClN3O2. The van der Waals surface area contributed by atoms with Crippen molar-refractivity contribution >= 4 is 17.5 Å². The minimum absolute atomic E-state index is 0.00854. The van der Waals surface area contributed by atoms with Crippen LogP contribution in [0.15, 0.2) is 24.3 Å². The second-order valence-corrected chi connectivity index (χ2v) is 7.39. The molecule has 1 aromatic carbocycles. The number of nitrogens with zero attached hydrogens (tertiary/aromatic N) is 3. The van der Waals surface area contributed by atoms with Crippen LogP contribution in [0.25, 0.3) is 0 Å². The van der Waals surface area contributed by atoms with E-state index in [9.17, 15) is 9.90 Å². The van der Waals surface area contributed by atoms with Crippen LogP contribution in [-0.4, -0.2) is 83.7 Å². The van der Waals surface area contributed by atoms with E-state index in [0.717, 1.165) is 19.6 Å². The van der Waals surface area contributed by atoms with Crippen molar-refractivity contribution in [3.8, 4) is 0 Å². The third kappa shape index (κ3) is 3.24. The Morgan fingerprint density at radius 1 is 1.30 bits per heavy atom. The fourth-order valence-electron chi connectivity index (χ4n) is 3.77. The molecule has 126 valence electrons. The molecule has 2 aliphatic heterocycles. The zero-order chi connectivity index (χ0) is 16.6. The van der Waals surface area contributed by atoms with Gasteiger partial charge in [-0.2, -0.15) is 0 Å². The summed E-state index contributed by atoms with van der Waals surface area (Å²) in [5.41, 5.74) is 0.263. The van der Waals surface area contributed by atoms with E-state index in [0.29, 0.717) is 23.7 Å². The predicted octanol–water partition coefficient (Wildman–Crippen LogP) is 1.16. The molecule has 5 nitrogen and oxygen atoms in total. The number of aliphatic hydroxyl groups excluding tert-OH is 1. The van der Waals surface area contributed by atoms with Gasteiger partial charge in [-0.3, -0.25) is 9.69 Å². The van der Waals surface area contributed by atoms with E-state index in [1.165, 1.54) is 0 Å². The number of hydrogen-bond acceptors (Lipinski definition) is 4. The largest absolute Gasteiger partial charge is 0.394 e. The van der Waals surface area contributed by atoms with E-state index in [1.807, 2.05) is 11.8 Å². The molecule has 3 rings (SSSR count). The quantitative estimate of drug-likeness (QED) is 0.880. The molecule has 23 heavy (non-hydrogen) atoms. The first-order chi connectivity index (χ1) is 10.9. The van der Waals surface area contributed by atoms with Crippen molar-refractivity contribution in [2.24, 2.45) is 0 Å². The molecule has 2 atom stereocenters. The van der Waals surface area contributed by atoms with Gasteiger partial charge in [0, 0.05) is 49.4 Å². The Morgan fingerprint density at radius 3 is 2.65 bits per heavy atom. The summed E-state index contributed by atoms with van der Waals surface area (Å²) in [5, 5.41) is 10.6. The van der Waals surface area contributed by atoms with Crippen molar-refractivity contribution in [2.45, 2.75) is 18.5 Å². The molecule has 2 aliphatic rings. The first-order valence-corrected chi connectivity index (χ1v) is 8.42. The average Bonchev–Trinajstić information content (AvgIpc) is 2.54. The molecule has 0 spiro atoms. The number of hydrogen-bond donors (Lipinski definition) is 1. The van der Waals surface area contributed by atoms with Crippen molar-refractivity contribution in [3.05, 3.63) is 34.9 Å². The number of rotatable bonds is 2. The van der Waals surface area contributed by atoms with Crippen LogP contribution in [-0.2, 0) is 0 Å². The summed E-state index contributed by atoms with van der Waals surface area (Å²) in [6.07, 6.45) is 0. The molecule has 0 bridgehead atoms. The fourth-order valence-corrected chi connectivity index (χ4v) is 3.90. The highest BCUT2D eigenvalue weighted by molar-refractivity contribution is 6.30. The van der Waals surface area contributed by atoms with Gasteiger partial charge < -0.3 is 14.9 Å².